The van der Waals surface area contributed by atoms with Gasteiger partial charge in [-0.05, 0) is 55.0 Å². The first-order chi connectivity index (χ1) is 10.2. The van der Waals surface area contributed by atoms with Gasteiger partial charge in [0.15, 0.2) is 10.2 Å². The van der Waals surface area contributed by atoms with Gasteiger partial charge in [0.1, 0.15) is 0 Å². The number of thiocarbonyl (C=S) groups is 2. The fourth-order valence-electron chi connectivity index (χ4n) is 1.62. The zero-order valence-corrected chi connectivity index (χ0v) is 13.9. The molecule has 1 rings (SSSR count). The Morgan fingerprint density at radius 3 is 2.43 bits per heavy atom. The van der Waals surface area contributed by atoms with Crippen molar-refractivity contribution < 1.29 is 0 Å². The van der Waals surface area contributed by atoms with Crippen LogP contribution in [0.2, 0.25) is 0 Å². The van der Waals surface area contributed by atoms with E-state index in [1.165, 1.54) is 18.4 Å². The molecule has 0 aliphatic carbocycles. The van der Waals surface area contributed by atoms with E-state index >= 15 is 0 Å². The van der Waals surface area contributed by atoms with E-state index in [1.54, 1.807) is 6.08 Å². The Hall–Kier alpha value is -1.66. The van der Waals surface area contributed by atoms with Crippen molar-refractivity contribution in [2.45, 2.75) is 26.2 Å². The second-order valence-corrected chi connectivity index (χ2v) is 5.32. The second kappa shape index (κ2) is 10.1. The molecule has 21 heavy (non-hydrogen) atoms. The lowest BCUT2D eigenvalue weighted by molar-refractivity contribution is 0.795. The topological polar surface area (TPSA) is 48.1 Å². The number of unbranched alkanes of at least 4 members (excludes halogenated alkanes) is 1. The van der Waals surface area contributed by atoms with Gasteiger partial charge in [0.25, 0.3) is 0 Å². The highest BCUT2D eigenvalue weighted by atomic mass is 32.1. The summed E-state index contributed by atoms with van der Waals surface area (Å²) in [6.07, 6.45) is 5.26. The van der Waals surface area contributed by atoms with Crippen LogP contribution in [0.5, 0.6) is 0 Å². The molecule has 114 valence electrons. The predicted molar refractivity (Wildman–Crippen MR) is 98.3 cm³/mol. The minimum Gasteiger partial charge on any atom is -0.358 e. The molecule has 0 heterocycles. The zero-order valence-electron chi connectivity index (χ0n) is 12.2. The summed E-state index contributed by atoms with van der Waals surface area (Å²) >= 11 is 10.2. The number of hydrogen-bond acceptors (Lipinski definition) is 2. The van der Waals surface area contributed by atoms with E-state index in [0.29, 0.717) is 16.8 Å². The standard InChI is InChI=1S/C15H22N4S2/c1-3-5-6-12-7-9-13(10-8-12)17-15(21)19-18-14(20)16-11-4-2/h4,7-10H,2-3,5-6,11H2,1H3,(H2,16,18,20)(H2,17,19,21). The first-order valence-electron chi connectivity index (χ1n) is 6.96. The third kappa shape index (κ3) is 7.63. The number of anilines is 1. The normalized spacial score (nSPS) is 9.57. The van der Waals surface area contributed by atoms with Crippen molar-refractivity contribution in [3.05, 3.63) is 42.5 Å². The Balaban J connectivity index is 2.33. The fourth-order valence-corrected chi connectivity index (χ4v) is 1.92. The number of aryl methyl sites for hydroxylation is 1. The van der Waals surface area contributed by atoms with Crippen LogP contribution in [0.4, 0.5) is 5.69 Å². The molecule has 0 aliphatic rings. The van der Waals surface area contributed by atoms with Gasteiger partial charge in [-0.15, -0.1) is 6.58 Å². The predicted octanol–water partition coefficient (Wildman–Crippen LogP) is 2.88. The summed E-state index contributed by atoms with van der Waals surface area (Å²) in [6.45, 7) is 6.40. The quantitative estimate of drug-likeness (QED) is 0.367. The Bertz CT molecular complexity index is 471. The van der Waals surface area contributed by atoms with Gasteiger partial charge in [-0.2, -0.15) is 0 Å². The van der Waals surface area contributed by atoms with E-state index in [1.807, 2.05) is 12.1 Å². The van der Waals surface area contributed by atoms with Gasteiger partial charge >= 0.3 is 0 Å². The van der Waals surface area contributed by atoms with Crippen molar-refractivity contribution >= 4 is 40.3 Å². The van der Waals surface area contributed by atoms with Crippen LogP contribution in [0.25, 0.3) is 0 Å². The highest BCUT2D eigenvalue weighted by molar-refractivity contribution is 7.80. The molecule has 4 nitrogen and oxygen atoms in total. The number of nitrogens with one attached hydrogen (secondary N) is 4. The summed E-state index contributed by atoms with van der Waals surface area (Å²) in [6, 6.07) is 8.27. The highest BCUT2D eigenvalue weighted by Crippen LogP contribution is 2.11. The summed E-state index contributed by atoms with van der Waals surface area (Å²) in [7, 11) is 0. The van der Waals surface area contributed by atoms with Gasteiger partial charge < -0.3 is 10.6 Å². The lowest BCUT2D eigenvalue weighted by Crippen LogP contribution is -2.48. The molecule has 0 bridgehead atoms. The molecule has 0 saturated heterocycles. The van der Waals surface area contributed by atoms with E-state index in [2.05, 4.69) is 47.1 Å². The van der Waals surface area contributed by atoms with Crippen LogP contribution in [-0.4, -0.2) is 16.8 Å². The number of benzene rings is 1. The zero-order chi connectivity index (χ0) is 15.5. The van der Waals surface area contributed by atoms with E-state index < -0.39 is 0 Å². The first kappa shape index (κ1) is 17.4. The van der Waals surface area contributed by atoms with Gasteiger partial charge in [0.2, 0.25) is 0 Å². The maximum atomic E-state index is 5.18. The van der Waals surface area contributed by atoms with Crippen molar-refractivity contribution in [1.29, 1.82) is 0 Å². The molecular formula is C15H22N4S2. The molecule has 0 unspecified atom stereocenters. The summed E-state index contributed by atoms with van der Waals surface area (Å²) in [5.41, 5.74) is 7.90. The SMILES string of the molecule is C=CCNC(=S)NNC(=S)Nc1ccc(CCCC)cc1. The van der Waals surface area contributed by atoms with Crippen molar-refractivity contribution in [3.8, 4) is 0 Å². The van der Waals surface area contributed by atoms with Crippen molar-refractivity contribution in [1.82, 2.24) is 16.2 Å². The van der Waals surface area contributed by atoms with Crippen LogP contribution in [0, 0.1) is 0 Å². The summed E-state index contributed by atoms with van der Waals surface area (Å²) < 4.78 is 0. The van der Waals surface area contributed by atoms with Gasteiger partial charge in [-0.3, -0.25) is 10.9 Å². The van der Waals surface area contributed by atoms with Gasteiger partial charge in [0.05, 0.1) is 0 Å². The van der Waals surface area contributed by atoms with E-state index in [-0.39, 0.29) is 0 Å². The van der Waals surface area contributed by atoms with Crippen LogP contribution in [-0.2, 0) is 6.42 Å². The van der Waals surface area contributed by atoms with Crippen LogP contribution in [0.1, 0.15) is 25.3 Å². The highest BCUT2D eigenvalue weighted by Gasteiger charge is 1.99. The molecule has 0 aliphatic heterocycles. The number of hydrazine groups is 1. The van der Waals surface area contributed by atoms with Crippen LogP contribution < -0.4 is 21.5 Å². The van der Waals surface area contributed by atoms with Crippen LogP contribution >= 0.6 is 24.4 Å². The smallest absolute Gasteiger partial charge is 0.189 e. The molecule has 0 amide bonds. The molecule has 0 radical (unpaired) electrons. The van der Waals surface area contributed by atoms with E-state index in [4.69, 9.17) is 24.4 Å². The number of hydrogen-bond donors (Lipinski definition) is 4. The maximum Gasteiger partial charge on any atom is 0.189 e. The van der Waals surface area contributed by atoms with E-state index in [0.717, 1.165) is 12.1 Å². The molecular weight excluding hydrogens is 300 g/mol. The Kier molecular flexibility index (Phi) is 8.38. The number of rotatable bonds is 6. The molecule has 6 heteroatoms. The Labute approximate surface area is 137 Å². The van der Waals surface area contributed by atoms with Gasteiger partial charge in [-0.25, -0.2) is 0 Å². The third-order valence-corrected chi connectivity index (χ3v) is 3.18. The van der Waals surface area contributed by atoms with E-state index in [9.17, 15) is 0 Å². The molecule has 0 aromatic heterocycles. The van der Waals surface area contributed by atoms with Crippen molar-refractivity contribution in [3.63, 3.8) is 0 Å². The maximum absolute atomic E-state index is 5.18. The summed E-state index contributed by atoms with van der Waals surface area (Å²) in [5.74, 6) is 0. The second-order valence-electron chi connectivity index (χ2n) is 4.50. The molecule has 4 N–H and O–H groups in total. The monoisotopic (exact) mass is 322 g/mol. The summed E-state index contributed by atoms with van der Waals surface area (Å²) in [4.78, 5) is 0. The Morgan fingerprint density at radius 2 is 1.81 bits per heavy atom. The minimum absolute atomic E-state index is 0.457. The largest absolute Gasteiger partial charge is 0.358 e. The molecule has 1 aromatic carbocycles. The third-order valence-electron chi connectivity index (χ3n) is 2.73. The van der Waals surface area contributed by atoms with Crippen LogP contribution in [0.15, 0.2) is 36.9 Å². The van der Waals surface area contributed by atoms with Gasteiger partial charge in [0, 0.05) is 12.2 Å². The fraction of sp³-hybridized carbons (Fsp3) is 0.333. The average molecular weight is 323 g/mol. The van der Waals surface area contributed by atoms with Gasteiger partial charge in [-0.1, -0.05) is 31.6 Å². The minimum atomic E-state index is 0.457. The molecule has 0 spiro atoms. The average Bonchev–Trinajstić information content (AvgIpc) is 2.50. The lowest BCUT2D eigenvalue weighted by atomic mass is 10.1. The molecule has 0 atom stereocenters. The first-order valence-corrected chi connectivity index (χ1v) is 7.78. The molecule has 0 fully saturated rings. The summed E-state index contributed by atoms with van der Waals surface area (Å²) in [5, 5.41) is 6.94. The lowest BCUT2D eigenvalue weighted by Gasteiger charge is -2.13. The van der Waals surface area contributed by atoms with Crippen molar-refractivity contribution in [2.75, 3.05) is 11.9 Å². The molecule has 0 saturated carbocycles. The van der Waals surface area contributed by atoms with Crippen LogP contribution in [0.3, 0.4) is 0 Å². The Morgan fingerprint density at radius 1 is 1.14 bits per heavy atom. The molecule has 1 aromatic rings. The van der Waals surface area contributed by atoms with Crippen molar-refractivity contribution in [2.24, 2.45) is 0 Å².